The molecule has 2 aliphatic rings. The van der Waals surface area contributed by atoms with E-state index in [0.29, 0.717) is 12.0 Å². The van der Waals surface area contributed by atoms with Crippen LogP contribution in [0.15, 0.2) is 16.5 Å². The van der Waals surface area contributed by atoms with Gasteiger partial charge >= 0.3 is 0 Å². The molecule has 0 aromatic carbocycles. The standard InChI is InChI=1S/C16H26N2O/c1-12-10-15(12)16-6-5-14(19-16)11-18(2)13-4-3-8-17-9-7-13/h5-6,12-13,15,17H,3-4,7-11H2,1-2H3. The lowest BCUT2D eigenvalue weighted by Crippen LogP contribution is -2.31. The van der Waals surface area contributed by atoms with Gasteiger partial charge in [-0.25, -0.2) is 0 Å². The molecule has 2 heterocycles. The van der Waals surface area contributed by atoms with Crippen molar-refractivity contribution in [2.75, 3.05) is 20.1 Å². The first-order valence-electron chi connectivity index (χ1n) is 7.73. The first kappa shape index (κ1) is 13.2. The molecular formula is C16H26N2O. The third-order valence-corrected chi connectivity index (χ3v) is 4.73. The summed E-state index contributed by atoms with van der Waals surface area (Å²) in [7, 11) is 2.23. The fraction of sp³-hybridized carbons (Fsp3) is 0.750. The average Bonchev–Trinajstić information content (AvgIpc) is 3.05. The smallest absolute Gasteiger partial charge is 0.118 e. The summed E-state index contributed by atoms with van der Waals surface area (Å²) in [6.45, 7) is 5.58. The summed E-state index contributed by atoms with van der Waals surface area (Å²) >= 11 is 0. The van der Waals surface area contributed by atoms with Crippen molar-refractivity contribution in [3.05, 3.63) is 23.7 Å². The van der Waals surface area contributed by atoms with E-state index in [9.17, 15) is 0 Å². The molecule has 3 atom stereocenters. The van der Waals surface area contributed by atoms with Gasteiger partial charge in [-0.2, -0.15) is 0 Å². The molecule has 1 saturated carbocycles. The first-order valence-corrected chi connectivity index (χ1v) is 7.73. The summed E-state index contributed by atoms with van der Waals surface area (Å²) < 4.78 is 6.01. The van der Waals surface area contributed by atoms with Gasteiger partial charge in [0.25, 0.3) is 0 Å². The van der Waals surface area contributed by atoms with Gasteiger partial charge in [0.1, 0.15) is 11.5 Å². The average molecular weight is 262 g/mol. The Balaban J connectivity index is 1.56. The molecule has 1 aromatic rings. The Kier molecular flexibility index (Phi) is 3.94. The minimum atomic E-state index is 0.695. The summed E-state index contributed by atoms with van der Waals surface area (Å²) in [5, 5.41) is 3.48. The largest absolute Gasteiger partial charge is 0.464 e. The highest BCUT2D eigenvalue weighted by molar-refractivity contribution is 5.17. The zero-order valence-electron chi connectivity index (χ0n) is 12.2. The summed E-state index contributed by atoms with van der Waals surface area (Å²) in [6, 6.07) is 5.06. The molecule has 0 radical (unpaired) electrons. The highest BCUT2D eigenvalue weighted by Gasteiger charge is 2.36. The Morgan fingerprint density at radius 2 is 2.16 bits per heavy atom. The van der Waals surface area contributed by atoms with E-state index < -0.39 is 0 Å². The van der Waals surface area contributed by atoms with Gasteiger partial charge < -0.3 is 9.73 Å². The van der Waals surface area contributed by atoms with Crippen LogP contribution in [0.4, 0.5) is 0 Å². The minimum Gasteiger partial charge on any atom is -0.464 e. The second-order valence-electron chi connectivity index (χ2n) is 6.37. The maximum Gasteiger partial charge on any atom is 0.118 e. The van der Waals surface area contributed by atoms with Crippen LogP contribution in [-0.2, 0) is 6.54 Å². The molecule has 3 rings (SSSR count). The van der Waals surface area contributed by atoms with Crippen molar-refractivity contribution in [3.8, 4) is 0 Å². The van der Waals surface area contributed by atoms with Gasteiger partial charge in [0.15, 0.2) is 0 Å². The quantitative estimate of drug-likeness (QED) is 0.904. The summed E-state index contributed by atoms with van der Waals surface area (Å²) in [5.74, 6) is 3.86. The lowest BCUT2D eigenvalue weighted by Gasteiger charge is -2.25. The predicted molar refractivity (Wildman–Crippen MR) is 77.2 cm³/mol. The van der Waals surface area contributed by atoms with Crippen LogP contribution in [0.25, 0.3) is 0 Å². The molecule has 3 heteroatoms. The second-order valence-corrected chi connectivity index (χ2v) is 6.37. The predicted octanol–water partition coefficient (Wildman–Crippen LogP) is 2.98. The molecule has 19 heavy (non-hydrogen) atoms. The number of nitrogens with one attached hydrogen (secondary N) is 1. The number of rotatable bonds is 4. The molecule has 2 fully saturated rings. The van der Waals surface area contributed by atoms with Gasteiger partial charge in [-0.15, -0.1) is 0 Å². The Morgan fingerprint density at radius 3 is 2.95 bits per heavy atom. The Morgan fingerprint density at radius 1 is 1.32 bits per heavy atom. The molecular weight excluding hydrogens is 236 g/mol. The summed E-state index contributed by atoms with van der Waals surface area (Å²) in [6.07, 6.45) is 5.15. The molecule has 106 valence electrons. The van der Waals surface area contributed by atoms with Gasteiger partial charge in [0.2, 0.25) is 0 Å². The maximum absolute atomic E-state index is 6.01. The molecule has 3 unspecified atom stereocenters. The number of furan rings is 1. The van der Waals surface area contributed by atoms with Gasteiger partial charge in [-0.05, 0) is 63.9 Å². The molecule has 1 aromatic heterocycles. The van der Waals surface area contributed by atoms with Crippen molar-refractivity contribution in [3.63, 3.8) is 0 Å². The number of hydrogen-bond donors (Lipinski definition) is 1. The first-order chi connectivity index (χ1) is 9.24. The third kappa shape index (κ3) is 3.21. The molecule has 1 saturated heterocycles. The van der Waals surface area contributed by atoms with Crippen molar-refractivity contribution in [1.82, 2.24) is 10.2 Å². The molecule has 0 amide bonds. The normalized spacial score (nSPS) is 31.4. The maximum atomic E-state index is 6.01. The summed E-state index contributed by atoms with van der Waals surface area (Å²) in [5.41, 5.74) is 0. The summed E-state index contributed by atoms with van der Waals surface area (Å²) in [4.78, 5) is 2.46. The fourth-order valence-electron chi connectivity index (χ4n) is 3.21. The van der Waals surface area contributed by atoms with E-state index in [4.69, 9.17) is 4.42 Å². The highest BCUT2D eigenvalue weighted by atomic mass is 16.3. The minimum absolute atomic E-state index is 0.695. The SMILES string of the molecule is CC1CC1c1ccc(CN(C)C2CCCNCC2)o1. The van der Waals surface area contributed by atoms with E-state index in [1.807, 2.05) is 0 Å². The van der Waals surface area contributed by atoms with Crippen molar-refractivity contribution in [2.24, 2.45) is 5.92 Å². The van der Waals surface area contributed by atoms with E-state index in [1.165, 1.54) is 38.0 Å². The van der Waals surface area contributed by atoms with Gasteiger partial charge in [0, 0.05) is 12.0 Å². The van der Waals surface area contributed by atoms with Crippen LogP contribution in [0.2, 0.25) is 0 Å². The van der Waals surface area contributed by atoms with E-state index in [0.717, 1.165) is 24.8 Å². The molecule has 0 bridgehead atoms. The van der Waals surface area contributed by atoms with Crippen LogP contribution in [0, 0.1) is 5.92 Å². The molecule has 0 spiro atoms. The topological polar surface area (TPSA) is 28.4 Å². The van der Waals surface area contributed by atoms with Crippen molar-refractivity contribution in [2.45, 2.75) is 51.1 Å². The van der Waals surface area contributed by atoms with Crippen LogP contribution in [0.1, 0.15) is 50.0 Å². The van der Waals surface area contributed by atoms with Crippen molar-refractivity contribution >= 4 is 0 Å². The van der Waals surface area contributed by atoms with E-state index in [-0.39, 0.29) is 0 Å². The van der Waals surface area contributed by atoms with Gasteiger partial charge in [0.05, 0.1) is 6.54 Å². The zero-order chi connectivity index (χ0) is 13.2. The molecule has 3 nitrogen and oxygen atoms in total. The zero-order valence-corrected chi connectivity index (χ0v) is 12.2. The second kappa shape index (κ2) is 5.68. The third-order valence-electron chi connectivity index (χ3n) is 4.73. The van der Waals surface area contributed by atoms with Gasteiger partial charge in [-0.3, -0.25) is 4.90 Å². The van der Waals surface area contributed by atoms with Crippen molar-refractivity contribution < 1.29 is 4.42 Å². The number of nitrogens with zero attached hydrogens (tertiary/aromatic N) is 1. The Hall–Kier alpha value is -0.800. The lowest BCUT2D eigenvalue weighted by atomic mass is 10.1. The van der Waals surface area contributed by atoms with Gasteiger partial charge in [-0.1, -0.05) is 6.92 Å². The van der Waals surface area contributed by atoms with E-state index >= 15 is 0 Å². The lowest BCUT2D eigenvalue weighted by molar-refractivity contribution is 0.199. The highest BCUT2D eigenvalue weighted by Crippen LogP contribution is 2.47. The molecule has 1 aliphatic heterocycles. The van der Waals surface area contributed by atoms with Crippen LogP contribution >= 0.6 is 0 Å². The monoisotopic (exact) mass is 262 g/mol. The van der Waals surface area contributed by atoms with Crippen LogP contribution in [0.5, 0.6) is 0 Å². The molecule has 1 N–H and O–H groups in total. The number of hydrogen-bond acceptors (Lipinski definition) is 3. The van der Waals surface area contributed by atoms with E-state index in [2.05, 4.69) is 36.3 Å². The van der Waals surface area contributed by atoms with E-state index in [1.54, 1.807) is 0 Å². The Bertz CT molecular complexity index is 407. The van der Waals surface area contributed by atoms with Crippen LogP contribution in [-0.4, -0.2) is 31.1 Å². The van der Waals surface area contributed by atoms with Crippen LogP contribution in [0.3, 0.4) is 0 Å². The van der Waals surface area contributed by atoms with Crippen LogP contribution < -0.4 is 5.32 Å². The molecule has 1 aliphatic carbocycles. The Labute approximate surface area is 116 Å². The van der Waals surface area contributed by atoms with Crippen molar-refractivity contribution in [1.29, 1.82) is 0 Å². The fourth-order valence-corrected chi connectivity index (χ4v) is 3.21.